The highest BCUT2D eigenvalue weighted by Crippen LogP contribution is 2.37. The predicted octanol–water partition coefficient (Wildman–Crippen LogP) is 4.08. The van der Waals surface area contributed by atoms with Gasteiger partial charge in [-0.15, -0.1) is 0 Å². The fourth-order valence-corrected chi connectivity index (χ4v) is 5.14. The van der Waals surface area contributed by atoms with E-state index in [9.17, 15) is 15.3 Å². The van der Waals surface area contributed by atoms with Crippen LogP contribution in [-0.2, 0) is 19.8 Å². The van der Waals surface area contributed by atoms with Gasteiger partial charge in [-0.25, -0.2) is 4.79 Å². The molecule has 0 aliphatic carbocycles. The summed E-state index contributed by atoms with van der Waals surface area (Å²) in [5.74, 6) is 2.53. The van der Waals surface area contributed by atoms with Crippen LogP contribution in [0.3, 0.4) is 0 Å². The molecule has 0 saturated heterocycles. The van der Waals surface area contributed by atoms with E-state index in [2.05, 4.69) is 33.1 Å². The Bertz CT molecular complexity index is 1830. The molecule has 0 spiro atoms. The van der Waals surface area contributed by atoms with Crippen LogP contribution in [0.2, 0.25) is 0 Å². The Morgan fingerprint density at radius 2 is 1.71 bits per heavy atom. The van der Waals surface area contributed by atoms with E-state index < -0.39 is 0 Å². The number of fused-ring (bicyclic) bond motifs is 1. The summed E-state index contributed by atoms with van der Waals surface area (Å²) in [4.78, 5) is 15.9. The van der Waals surface area contributed by atoms with E-state index in [1.165, 1.54) is 6.20 Å². The number of ether oxygens (including phenoxy) is 4. The third-order valence-electron chi connectivity index (χ3n) is 7.51. The Balaban J connectivity index is 1.32. The zero-order valence-electron chi connectivity index (χ0n) is 26.7. The van der Waals surface area contributed by atoms with Gasteiger partial charge in [-0.1, -0.05) is 24.3 Å². The van der Waals surface area contributed by atoms with Crippen LogP contribution < -0.4 is 40.6 Å². The highest BCUT2D eigenvalue weighted by atomic mass is 16.6. The van der Waals surface area contributed by atoms with Crippen molar-refractivity contribution in [1.29, 1.82) is 10.5 Å². The summed E-state index contributed by atoms with van der Waals surface area (Å²) in [6, 6.07) is 21.1. The van der Waals surface area contributed by atoms with E-state index in [4.69, 9.17) is 24.7 Å². The molecule has 0 saturated carbocycles. The van der Waals surface area contributed by atoms with Gasteiger partial charge in [0.25, 0.3) is 0 Å². The molecule has 246 valence electrons. The van der Waals surface area contributed by atoms with Crippen LogP contribution in [0.1, 0.15) is 33.4 Å². The van der Waals surface area contributed by atoms with Gasteiger partial charge in [-0.3, -0.25) is 4.98 Å². The number of nitriles is 2. The molecule has 4 aromatic rings. The lowest BCUT2D eigenvalue weighted by molar-refractivity contribution is 0.171. The van der Waals surface area contributed by atoms with Crippen molar-refractivity contribution in [2.75, 3.05) is 39.4 Å². The summed E-state index contributed by atoms with van der Waals surface area (Å²) < 4.78 is 24.0. The Kier molecular flexibility index (Phi) is 11.6. The van der Waals surface area contributed by atoms with E-state index in [0.29, 0.717) is 80.1 Å². The first-order valence-electron chi connectivity index (χ1n) is 15.6. The van der Waals surface area contributed by atoms with Crippen LogP contribution in [0.4, 0.5) is 4.79 Å². The Morgan fingerprint density at radius 3 is 2.52 bits per heavy atom. The average molecular weight is 648 g/mol. The molecule has 1 aromatic heterocycles. The smallest absolute Gasteiger partial charge is 0.314 e. The van der Waals surface area contributed by atoms with Gasteiger partial charge >= 0.3 is 6.03 Å². The second kappa shape index (κ2) is 16.7. The van der Waals surface area contributed by atoms with Crippen LogP contribution >= 0.6 is 0 Å². The third kappa shape index (κ3) is 8.70. The molecule has 0 unspecified atom stereocenters. The summed E-state index contributed by atoms with van der Waals surface area (Å²) in [6.07, 6.45) is 3.16. The van der Waals surface area contributed by atoms with E-state index >= 15 is 0 Å². The maximum Gasteiger partial charge on any atom is 0.314 e. The van der Waals surface area contributed by atoms with Crippen LogP contribution in [0.15, 0.2) is 67.0 Å². The second-order valence-electron chi connectivity index (χ2n) is 11.0. The van der Waals surface area contributed by atoms with Crippen molar-refractivity contribution in [2.45, 2.75) is 26.7 Å². The lowest BCUT2D eigenvalue weighted by Crippen LogP contribution is -2.40. The topological polar surface area (TPSA) is 177 Å². The Morgan fingerprint density at radius 1 is 0.896 bits per heavy atom. The molecule has 0 fully saturated rings. The number of hydrogen-bond donors (Lipinski definition) is 4. The highest BCUT2D eigenvalue weighted by molar-refractivity contribution is 5.74. The Hall–Kier alpha value is -5.82. The molecule has 2 amide bonds. The molecule has 3 aromatic carbocycles. The number of urea groups is 1. The third-order valence-corrected chi connectivity index (χ3v) is 7.51. The van der Waals surface area contributed by atoms with Crippen molar-refractivity contribution in [3.63, 3.8) is 0 Å². The van der Waals surface area contributed by atoms with E-state index in [1.54, 1.807) is 12.3 Å². The predicted molar refractivity (Wildman–Crippen MR) is 179 cm³/mol. The van der Waals surface area contributed by atoms with Crippen molar-refractivity contribution in [2.24, 2.45) is 5.73 Å². The van der Waals surface area contributed by atoms with Gasteiger partial charge in [0, 0.05) is 67.9 Å². The largest absolute Gasteiger partial charge is 0.488 e. The molecule has 2 heterocycles. The fourth-order valence-electron chi connectivity index (χ4n) is 5.14. The monoisotopic (exact) mass is 647 g/mol. The molecule has 12 nitrogen and oxygen atoms in total. The number of carbonyl (C=O) groups excluding carboxylic acids is 1. The lowest BCUT2D eigenvalue weighted by Gasteiger charge is -2.19. The van der Waals surface area contributed by atoms with Crippen LogP contribution in [-0.4, -0.2) is 50.4 Å². The molecule has 12 heteroatoms. The first kappa shape index (κ1) is 33.5. The first-order valence-corrected chi connectivity index (χ1v) is 15.6. The van der Waals surface area contributed by atoms with E-state index in [1.807, 2.05) is 55.5 Å². The summed E-state index contributed by atoms with van der Waals surface area (Å²) in [5.41, 5.74) is 11.3. The van der Waals surface area contributed by atoms with Crippen molar-refractivity contribution in [1.82, 2.24) is 20.9 Å². The molecule has 48 heavy (non-hydrogen) atoms. The minimum atomic E-state index is -0.270. The SMILES string of the molecule is Cc1cc(CNCCNC(=O)NCCN)c(OCc2cncc(C#N)c2)cc1OCc1cccc(-c2ccc3c(c2)OCCO3)c1C#N. The number of amides is 2. The molecule has 0 bridgehead atoms. The number of pyridine rings is 1. The number of carbonyl (C=O) groups is 1. The fraction of sp³-hybridized carbons (Fsp3) is 0.278. The number of hydrogen-bond acceptors (Lipinski definition) is 10. The molecule has 1 aliphatic rings. The summed E-state index contributed by atoms with van der Waals surface area (Å²) in [5, 5.41) is 28.2. The standard InChI is InChI=1S/C36H37N7O5/c1-24-13-29(21-40-9-10-43-36(44)42-8-7-37)34(47-22-26-14-25(17-38)19-41-20-26)16-33(24)48-23-28-3-2-4-30(31(28)18-39)27-5-6-32-35(15-27)46-12-11-45-32/h2-6,13-16,19-20,40H,7-12,21-23,37H2,1H3,(H2,42,43,44). The van der Waals surface area contributed by atoms with Gasteiger partial charge in [0.2, 0.25) is 0 Å². The zero-order valence-corrected chi connectivity index (χ0v) is 26.7. The van der Waals surface area contributed by atoms with Gasteiger partial charge in [0.05, 0.1) is 11.1 Å². The van der Waals surface area contributed by atoms with Crippen molar-refractivity contribution >= 4 is 6.03 Å². The summed E-state index contributed by atoms with van der Waals surface area (Å²) in [6.45, 7) is 5.47. The molecule has 0 atom stereocenters. The van der Waals surface area contributed by atoms with Crippen molar-refractivity contribution < 1.29 is 23.7 Å². The van der Waals surface area contributed by atoms with E-state index in [-0.39, 0.29) is 19.2 Å². The summed E-state index contributed by atoms with van der Waals surface area (Å²) >= 11 is 0. The van der Waals surface area contributed by atoms with Gasteiger partial charge in [-0.2, -0.15) is 10.5 Å². The number of nitrogens with zero attached hydrogens (tertiary/aromatic N) is 3. The molecule has 1 aliphatic heterocycles. The van der Waals surface area contributed by atoms with Gasteiger partial charge in [0.15, 0.2) is 11.5 Å². The van der Waals surface area contributed by atoms with Crippen LogP contribution in [0.5, 0.6) is 23.0 Å². The number of rotatable bonds is 14. The Labute approximate surface area is 279 Å². The molecule has 5 rings (SSSR count). The maximum absolute atomic E-state index is 11.8. The minimum absolute atomic E-state index is 0.158. The number of aryl methyl sites for hydroxylation is 1. The average Bonchev–Trinajstić information content (AvgIpc) is 3.12. The number of nitrogens with one attached hydrogen (secondary N) is 3. The van der Waals surface area contributed by atoms with Crippen LogP contribution in [0.25, 0.3) is 11.1 Å². The van der Waals surface area contributed by atoms with Crippen molar-refractivity contribution in [3.05, 3.63) is 100 Å². The molecule has 5 N–H and O–H groups in total. The van der Waals surface area contributed by atoms with Crippen molar-refractivity contribution in [3.8, 4) is 46.3 Å². The lowest BCUT2D eigenvalue weighted by atomic mass is 9.96. The van der Waals surface area contributed by atoms with E-state index in [0.717, 1.165) is 33.4 Å². The number of nitrogens with two attached hydrogens (primary N) is 1. The number of aromatic nitrogens is 1. The first-order chi connectivity index (χ1) is 23.5. The number of benzene rings is 3. The minimum Gasteiger partial charge on any atom is -0.488 e. The highest BCUT2D eigenvalue weighted by Gasteiger charge is 2.17. The zero-order chi connectivity index (χ0) is 33.7. The quantitative estimate of drug-likeness (QED) is 0.146. The van der Waals surface area contributed by atoms with Gasteiger partial charge < -0.3 is 40.6 Å². The molecular weight excluding hydrogens is 610 g/mol. The summed E-state index contributed by atoms with van der Waals surface area (Å²) in [7, 11) is 0. The second-order valence-corrected chi connectivity index (χ2v) is 11.0. The normalized spacial score (nSPS) is 11.6. The van der Waals surface area contributed by atoms with Crippen LogP contribution in [0, 0.1) is 29.6 Å². The van der Waals surface area contributed by atoms with Gasteiger partial charge in [0.1, 0.15) is 50.1 Å². The maximum atomic E-state index is 11.8. The molecular formula is C36H37N7O5. The van der Waals surface area contributed by atoms with Gasteiger partial charge in [-0.05, 0) is 47.9 Å². The molecule has 0 radical (unpaired) electrons.